The van der Waals surface area contributed by atoms with Gasteiger partial charge in [0.1, 0.15) is 0 Å². The molecule has 0 bridgehead atoms. The lowest BCUT2D eigenvalue weighted by Crippen LogP contribution is -2.24. The fourth-order valence-electron chi connectivity index (χ4n) is 0.923. The van der Waals surface area contributed by atoms with Gasteiger partial charge in [0.25, 0.3) is 6.47 Å². The van der Waals surface area contributed by atoms with E-state index in [1.165, 1.54) is 0 Å². The maximum absolute atomic E-state index is 11.0. The largest absolute Gasteiger partial charge is 0.483 e. The Morgan fingerprint density at radius 1 is 1.29 bits per heavy atom. The summed E-state index contributed by atoms with van der Waals surface area (Å²) in [4.78, 5) is 19.4. The van der Waals surface area contributed by atoms with Crippen molar-refractivity contribution >= 4 is 12.4 Å². The number of carbonyl (C=O) groups is 2. The molecule has 1 amide bonds. The number of unbranched alkanes of at least 4 members (excludes halogenated alkanes) is 2. The number of carboxylic acid groups (broad SMARTS) is 1. The van der Waals surface area contributed by atoms with Gasteiger partial charge in [-0.25, -0.2) is 0 Å². The molecule has 0 aromatic rings. The highest BCUT2D eigenvalue weighted by Crippen LogP contribution is 1.93. The summed E-state index contributed by atoms with van der Waals surface area (Å²) < 4.78 is 0. The second kappa shape index (κ2) is 24.2. The number of hydrogen-bond donors (Lipinski definition) is 3. The Balaban J connectivity index is -0.000000337. The first-order chi connectivity index (χ1) is 8.22. The highest BCUT2D eigenvalue weighted by molar-refractivity contribution is 5.75. The summed E-state index contributed by atoms with van der Waals surface area (Å²) in [6.07, 6.45) is 4.72. The van der Waals surface area contributed by atoms with Crippen LogP contribution in [0, 0.1) is 0 Å². The van der Waals surface area contributed by atoms with E-state index >= 15 is 0 Å². The molecule has 0 atom stereocenters. The van der Waals surface area contributed by atoms with Crippen LogP contribution in [0.4, 0.5) is 0 Å². The summed E-state index contributed by atoms with van der Waals surface area (Å²) in [6.45, 7) is 7.33. The first kappa shape index (κ1) is 21.2. The Morgan fingerprint density at radius 3 is 2.24 bits per heavy atom. The van der Waals surface area contributed by atoms with Crippen LogP contribution in [-0.2, 0) is 9.59 Å². The predicted octanol–water partition coefficient (Wildman–Crippen LogP) is 1.76. The van der Waals surface area contributed by atoms with E-state index in [0.29, 0.717) is 13.0 Å². The van der Waals surface area contributed by atoms with E-state index in [4.69, 9.17) is 15.6 Å². The first-order valence-electron chi connectivity index (χ1n) is 6.27. The molecule has 0 aliphatic carbocycles. The summed E-state index contributed by atoms with van der Waals surface area (Å²) in [5, 5.41) is 9.75. The van der Waals surface area contributed by atoms with Crippen molar-refractivity contribution in [1.82, 2.24) is 5.32 Å². The summed E-state index contributed by atoms with van der Waals surface area (Å²) in [5.41, 5.74) is 5.31. The minimum atomic E-state index is -0.250. The van der Waals surface area contributed by atoms with Crippen LogP contribution in [-0.4, -0.2) is 30.6 Å². The van der Waals surface area contributed by atoms with E-state index in [1.54, 1.807) is 0 Å². The first-order valence-corrected chi connectivity index (χ1v) is 6.27. The van der Waals surface area contributed by atoms with Gasteiger partial charge < -0.3 is 16.2 Å². The molecular formula is C12H28N2O3. The molecule has 0 aromatic heterocycles. The second-order valence-electron chi connectivity index (χ2n) is 3.05. The SMILES string of the molecule is CC.CCCCC(=O)NCCCCN.O=CO. The van der Waals surface area contributed by atoms with Crippen molar-refractivity contribution in [3.8, 4) is 0 Å². The van der Waals surface area contributed by atoms with E-state index in [1.807, 2.05) is 13.8 Å². The Kier molecular flexibility index (Phi) is 30.2. The van der Waals surface area contributed by atoms with Crippen molar-refractivity contribution in [1.29, 1.82) is 0 Å². The highest BCUT2D eigenvalue weighted by Gasteiger charge is 1.97. The fourth-order valence-corrected chi connectivity index (χ4v) is 0.923. The molecule has 5 nitrogen and oxygen atoms in total. The van der Waals surface area contributed by atoms with Gasteiger partial charge in [0.15, 0.2) is 0 Å². The van der Waals surface area contributed by atoms with Crippen LogP contribution in [0.5, 0.6) is 0 Å². The molecule has 17 heavy (non-hydrogen) atoms. The minimum Gasteiger partial charge on any atom is -0.483 e. The van der Waals surface area contributed by atoms with Gasteiger partial charge in [-0.1, -0.05) is 27.2 Å². The maximum atomic E-state index is 11.0. The number of carbonyl (C=O) groups excluding carboxylic acids is 1. The molecule has 0 aromatic carbocycles. The molecule has 5 heteroatoms. The van der Waals surface area contributed by atoms with Crippen molar-refractivity contribution in [3.63, 3.8) is 0 Å². The van der Waals surface area contributed by atoms with Crippen LogP contribution in [0.2, 0.25) is 0 Å². The van der Waals surface area contributed by atoms with Crippen molar-refractivity contribution in [2.24, 2.45) is 5.73 Å². The average molecular weight is 248 g/mol. The number of hydrogen-bond acceptors (Lipinski definition) is 3. The molecule has 0 radical (unpaired) electrons. The number of amides is 1. The number of nitrogens with two attached hydrogens (primary N) is 1. The predicted molar refractivity (Wildman–Crippen MR) is 70.9 cm³/mol. The standard InChI is InChI=1S/C9H20N2O.C2H6.CH2O2/c1-2-3-6-9(12)11-8-5-4-7-10;1-2;2-1-3/h2-8,10H2,1H3,(H,11,12);1-2H3;1H,(H,2,3). The lowest BCUT2D eigenvalue weighted by molar-refractivity contribution is -0.123. The normalized spacial score (nSPS) is 8.00. The third-order valence-electron chi connectivity index (χ3n) is 1.71. The minimum absolute atomic E-state index is 0.175. The zero-order valence-corrected chi connectivity index (χ0v) is 11.4. The van der Waals surface area contributed by atoms with Crippen LogP contribution in [0.3, 0.4) is 0 Å². The fraction of sp³-hybridized carbons (Fsp3) is 0.833. The third kappa shape index (κ3) is 31.3. The molecule has 0 rings (SSSR count). The molecular weight excluding hydrogens is 220 g/mol. The summed E-state index contributed by atoms with van der Waals surface area (Å²) in [6, 6.07) is 0. The van der Waals surface area contributed by atoms with Gasteiger partial charge in [-0.05, 0) is 25.8 Å². The van der Waals surface area contributed by atoms with E-state index < -0.39 is 0 Å². The number of nitrogens with one attached hydrogen (secondary N) is 1. The Labute approximate surface area is 105 Å². The van der Waals surface area contributed by atoms with E-state index in [-0.39, 0.29) is 12.4 Å². The number of rotatable bonds is 7. The molecule has 0 fully saturated rings. The molecule has 4 N–H and O–H groups in total. The Hall–Kier alpha value is -1.10. The van der Waals surface area contributed by atoms with Crippen molar-refractivity contribution in [2.75, 3.05) is 13.1 Å². The quantitative estimate of drug-likeness (QED) is 0.473. The van der Waals surface area contributed by atoms with Crippen LogP contribution < -0.4 is 11.1 Å². The van der Waals surface area contributed by atoms with Gasteiger partial charge in [0.2, 0.25) is 5.91 Å². The molecule has 0 heterocycles. The van der Waals surface area contributed by atoms with Crippen LogP contribution in [0.1, 0.15) is 52.9 Å². The molecule has 0 aliphatic heterocycles. The topological polar surface area (TPSA) is 92.4 Å². The summed E-state index contributed by atoms with van der Waals surface area (Å²) in [7, 11) is 0. The van der Waals surface area contributed by atoms with E-state index in [9.17, 15) is 4.79 Å². The smallest absolute Gasteiger partial charge is 0.290 e. The van der Waals surface area contributed by atoms with Crippen LogP contribution in [0.15, 0.2) is 0 Å². The lowest BCUT2D eigenvalue weighted by atomic mass is 10.2. The zero-order valence-electron chi connectivity index (χ0n) is 11.4. The van der Waals surface area contributed by atoms with E-state index in [0.717, 1.165) is 32.2 Å². The van der Waals surface area contributed by atoms with Crippen LogP contribution in [0.25, 0.3) is 0 Å². The average Bonchev–Trinajstić information content (AvgIpc) is 2.35. The van der Waals surface area contributed by atoms with Crippen molar-refractivity contribution < 1.29 is 14.7 Å². The second-order valence-corrected chi connectivity index (χ2v) is 3.05. The van der Waals surface area contributed by atoms with Crippen LogP contribution >= 0.6 is 0 Å². The van der Waals surface area contributed by atoms with Gasteiger partial charge in [0, 0.05) is 13.0 Å². The van der Waals surface area contributed by atoms with Crippen molar-refractivity contribution in [2.45, 2.75) is 52.9 Å². The zero-order chi connectivity index (χ0) is 13.9. The maximum Gasteiger partial charge on any atom is 0.290 e. The molecule has 0 saturated heterocycles. The monoisotopic (exact) mass is 248 g/mol. The summed E-state index contributed by atoms with van der Waals surface area (Å²) >= 11 is 0. The van der Waals surface area contributed by atoms with Gasteiger partial charge >= 0.3 is 0 Å². The molecule has 0 unspecified atom stereocenters. The third-order valence-corrected chi connectivity index (χ3v) is 1.71. The van der Waals surface area contributed by atoms with Crippen molar-refractivity contribution in [3.05, 3.63) is 0 Å². The molecule has 0 aliphatic rings. The van der Waals surface area contributed by atoms with E-state index in [2.05, 4.69) is 12.2 Å². The summed E-state index contributed by atoms with van der Waals surface area (Å²) in [5.74, 6) is 0.175. The molecule has 0 saturated carbocycles. The van der Waals surface area contributed by atoms with Gasteiger partial charge in [-0.2, -0.15) is 0 Å². The highest BCUT2D eigenvalue weighted by atomic mass is 16.3. The Morgan fingerprint density at radius 2 is 1.82 bits per heavy atom. The molecule has 0 spiro atoms. The molecule has 104 valence electrons. The Bertz CT molecular complexity index is 153. The van der Waals surface area contributed by atoms with Gasteiger partial charge in [-0.3, -0.25) is 9.59 Å². The van der Waals surface area contributed by atoms with Gasteiger partial charge in [0.05, 0.1) is 0 Å². The van der Waals surface area contributed by atoms with Gasteiger partial charge in [-0.15, -0.1) is 0 Å². The lowest BCUT2D eigenvalue weighted by Gasteiger charge is -2.02.